The number of carbonyl (C=O) groups is 2. The van der Waals surface area contributed by atoms with Crippen molar-refractivity contribution >= 4 is 12.1 Å². The van der Waals surface area contributed by atoms with Crippen molar-refractivity contribution in [3.8, 4) is 0 Å². The fraction of sp³-hybridized carbons (Fsp3) is 0.583. The molecule has 0 aliphatic rings. The molecule has 0 fully saturated rings. The maximum Gasteiger partial charge on any atom is 0.419 e. The summed E-state index contributed by atoms with van der Waals surface area (Å²) in [6, 6.07) is 0. The van der Waals surface area contributed by atoms with E-state index in [1.807, 2.05) is 0 Å². The number of imidazole rings is 1. The van der Waals surface area contributed by atoms with E-state index in [4.69, 9.17) is 4.74 Å². The third-order valence-electron chi connectivity index (χ3n) is 2.14. The molecule has 1 atom stereocenters. The summed E-state index contributed by atoms with van der Waals surface area (Å²) in [7, 11) is 1.23. The van der Waals surface area contributed by atoms with Gasteiger partial charge in [-0.2, -0.15) is 0 Å². The van der Waals surface area contributed by atoms with Crippen molar-refractivity contribution in [2.45, 2.75) is 38.9 Å². The van der Waals surface area contributed by atoms with Crippen LogP contribution < -0.4 is 0 Å². The summed E-state index contributed by atoms with van der Waals surface area (Å²) < 4.78 is 10.7. The number of methoxy groups -OCH3 is 1. The summed E-state index contributed by atoms with van der Waals surface area (Å²) in [5.74, 6) is -0.556. The van der Waals surface area contributed by atoms with Gasteiger partial charge in [0.25, 0.3) is 0 Å². The zero-order valence-corrected chi connectivity index (χ0v) is 11.4. The Bertz CT molecular complexity index is 461. The van der Waals surface area contributed by atoms with Gasteiger partial charge in [0.15, 0.2) is 0 Å². The van der Waals surface area contributed by atoms with Crippen LogP contribution in [0.25, 0.3) is 0 Å². The number of aliphatic hydroxyl groups is 1. The van der Waals surface area contributed by atoms with Gasteiger partial charge < -0.3 is 14.6 Å². The number of carbonyl (C=O) groups excluding carboxylic acids is 2. The number of nitrogens with zero attached hydrogens (tertiary/aromatic N) is 2. The molecule has 19 heavy (non-hydrogen) atoms. The van der Waals surface area contributed by atoms with Crippen molar-refractivity contribution in [3.05, 3.63) is 18.2 Å². The van der Waals surface area contributed by atoms with Crippen LogP contribution in [0, 0.1) is 0 Å². The molecule has 1 heterocycles. The fourth-order valence-electron chi connectivity index (χ4n) is 1.27. The van der Waals surface area contributed by atoms with Crippen molar-refractivity contribution < 1.29 is 24.2 Å². The van der Waals surface area contributed by atoms with Gasteiger partial charge in [-0.15, -0.1) is 0 Å². The van der Waals surface area contributed by atoms with Crippen LogP contribution >= 0.6 is 0 Å². The number of ether oxygens (including phenoxy) is 2. The second-order valence-electron chi connectivity index (χ2n) is 4.98. The molecule has 0 aromatic carbocycles. The molecular weight excluding hydrogens is 252 g/mol. The van der Waals surface area contributed by atoms with E-state index in [1.165, 1.54) is 19.6 Å². The summed E-state index contributed by atoms with van der Waals surface area (Å²) in [5, 5.41) is 9.72. The molecule has 106 valence electrons. The van der Waals surface area contributed by atoms with E-state index in [-0.39, 0.29) is 12.1 Å². The highest BCUT2D eigenvalue weighted by molar-refractivity contribution is 5.71. The fourth-order valence-corrected chi connectivity index (χ4v) is 1.27. The molecule has 1 N–H and O–H groups in total. The zero-order valence-electron chi connectivity index (χ0n) is 11.4. The van der Waals surface area contributed by atoms with Gasteiger partial charge in [0, 0.05) is 6.20 Å². The van der Waals surface area contributed by atoms with Crippen molar-refractivity contribution in [1.82, 2.24) is 9.55 Å². The molecule has 0 aliphatic carbocycles. The molecule has 7 heteroatoms. The molecule has 0 saturated heterocycles. The standard InChI is InChI=1S/C12H18N2O5/c1-12(2,3)19-11(17)14-6-8(13-7-14)9(15)5-10(16)18-4/h6-7,9,15H,5H2,1-4H3/t9-/m1/s1. The van der Waals surface area contributed by atoms with Crippen LogP contribution in [0.1, 0.15) is 39.0 Å². The quantitative estimate of drug-likeness (QED) is 0.831. The number of aromatic nitrogens is 2. The Hall–Kier alpha value is -1.89. The number of esters is 1. The largest absolute Gasteiger partial charge is 0.469 e. The first-order valence-corrected chi connectivity index (χ1v) is 5.75. The van der Waals surface area contributed by atoms with E-state index in [0.29, 0.717) is 0 Å². The second-order valence-corrected chi connectivity index (χ2v) is 4.98. The first-order valence-electron chi connectivity index (χ1n) is 5.75. The average Bonchev–Trinajstić information content (AvgIpc) is 2.75. The van der Waals surface area contributed by atoms with E-state index in [1.54, 1.807) is 20.8 Å². The summed E-state index contributed by atoms with van der Waals surface area (Å²) in [5.41, 5.74) is -0.414. The van der Waals surface area contributed by atoms with Crippen molar-refractivity contribution in [1.29, 1.82) is 0 Å². The highest BCUT2D eigenvalue weighted by Gasteiger charge is 2.20. The summed E-state index contributed by atoms with van der Waals surface area (Å²) in [6.45, 7) is 5.23. The van der Waals surface area contributed by atoms with Crippen LogP contribution in [0.2, 0.25) is 0 Å². The molecule has 0 amide bonds. The maximum atomic E-state index is 11.7. The van der Waals surface area contributed by atoms with Gasteiger partial charge in [-0.25, -0.2) is 14.3 Å². The SMILES string of the molecule is COC(=O)C[C@@H](O)c1cn(C(=O)OC(C)(C)C)cn1. The predicted octanol–water partition coefficient (Wildman–Crippen LogP) is 1.26. The van der Waals surface area contributed by atoms with Crippen molar-refractivity contribution in [2.75, 3.05) is 7.11 Å². The second kappa shape index (κ2) is 5.83. The maximum absolute atomic E-state index is 11.7. The third-order valence-corrected chi connectivity index (χ3v) is 2.14. The summed E-state index contributed by atoms with van der Waals surface area (Å²) >= 11 is 0. The number of aliphatic hydroxyl groups excluding tert-OH is 1. The minimum Gasteiger partial charge on any atom is -0.469 e. The lowest BCUT2D eigenvalue weighted by Crippen LogP contribution is -2.26. The Kier molecular flexibility index (Phi) is 4.66. The Labute approximate surface area is 111 Å². The molecule has 1 aromatic heterocycles. The molecule has 0 saturated carbocycles. The lowest BCUT2D eigenvalue weighted by atomic mass is 10.2. The molecular formula is C12H18N2O5. The highest BCUT2D eigenvalue weighted by atomic mass is 16.6. The monoisotopic (exact) mass is 270 g/mol. The van der Waals surface area contributed by atoms with Crippen LogP contribution in [0.15, 0.2) is 12.5 Å². The first kappa shape index (κ1) is 15.2. The third kappa shape index (κ3) is 4.70. The van der Waals surface area contributed by atoms with Crippen molar-refractivity contribution in [3.63, 3.8) is 0 Å². The van der Waals surface area contributed by atoms with Gasteiger partial charge in [-0.05, 0) is 20.8 Å². The van der Waals surface area contributed by atoms with E-state index in [9.17, 15) is 14.7 Å². The smallest absolute Gasteiger partial charge is 0.419 e. The molecule has 0 spiro atoms. The van der Waals surface area contributed by atoms with Crippen LogP contribution in [0.3, 0.4) is 0 Å². The molecule has 7 nitrogen and oxygen atoms in total. The lowest BCUT2D eigenvalue weighted by molar-refractivity contribution is -0.142. The van der Waals surface area contributed by atoms with Gasteiger partial charge in [0.2, 0.25) is 0 Å². The van der Waals surface area contributed by atoms with Gasteiger partial charge >= 0.3 is 12.1 Å². The van der Waals surface area contributed by atoms with E-state index in [0.717, 1.165) is 4.57 Å². The van der Waals surface area contributed by atoms with Gasteiger partial charge in [-0.3, -0.25) is 4.79 Å². The Morgan fingerprint density at radius 1 is 1.47 bits per heavy atom. The minimum absolute atomic E-state index is 0.205. The van der Waals surface area contributed by atoms with Crippen LogP contribution in [0.5, 0.6) is 0 Å². The molecule has 0 aliphatic heterocycles. The molecule has 0 radical (unpaired) electrons. The molecule has 0 bridgehead atoms. The number of rotatable bonds is 3. The van der Waals surface area contributed by atoms with Crippen LogP contribution in [-0.4, -0.2) is 39.4 Å². The van der Waals surface area contributed by atoms with Crippen LogP contribution in [0.4, 0.5) is 4.79 Å². The molecule has 1 rings (SSSR count). The average molecular weight is 270 g/mol. The van der Waals surface area contributed by atoms with E-state index < -0.39 is 23.8 Å². The number of hydrogen-bond donors (Lipinski definition) is 1. The predicted molar refractivity (Wildman–Crippen MR) is 65.5 cm³/mol. The highest BCUT2D eigenvalue weighted by Crippen LogP contribution is 2.16. The topological polar surface area (TPSA) is 90.7 Å². The van der Waals surface area contributed by atoms with Gasteiger partial charge in [0.1, 0.15) is 18.0 Å². The van der Waals surface area contributed by atoms with Crippen LogP contribution in [-0.2, 0) is 14.3 Å². The van der Waals surface area contributed by atoms with E-state index in [2.05, 4.69) is 9.72 Å². The first-order chi connectivity index (χ1) is 8.73. The minimum atomic E-state index is -1.11. The zero-order chi connectivity index (χ0) is 14.6. The number of hydrogen-bond acceptors (Lipinski definition) is 6. The van der Waals surface area contributed by atoms with Gasteiger partial charge in [0.05, 0.1) is 19.2 Å². The Morgan fingerprint density at radius 2 is 2.11 bits per heavy atom. The summed E-state index contributed by atoms with van der Waals surface area (Å²) in [4.78, 5) is 26.6. The normalized spacial score (nSPS) is 12.9. The molecule has 0 unspecified atom stereocenters. The lowest BCUT2D eigenvalue weighted by Gasteiger charge is -2.19. The van der Waals surface area contributed by atoms with Gasteiger partial charge in [-0.1, -0.05) is 0 Å². The Balaban J connectivity index is 2.71. The molecule has 1 aromatic rings. The summed E-state index contributed by atoms with van der Waals surface area (Å²) in [6.07, 6.45) is 0.612. The van der Waals surface area contributed by atoms with Crippen molar-refractivity contribution in [2.24, 2.45) is 0 Å². The Morgan fingerprint density at radius 3 is 2.63 bits per heavy atom. The van der Waals surface area contributed by atoms with E-state index >= 15 is 0 Å².